The molecule has 4 aromatic rings. The highest BCUT2D eigenvalue weighted by atomic mass is 127. The molecule has 7 heteroatoms. The highest BCUT2D eigenvalue weighted by molar-refractivity contribution is 14.1. The molecule has 1 heterocycles. The highest BCUT2D eigenvalue weighted by Crippen LogP contribution is 2.29. The molecule has 156 valence electrons. The predicted molar refractivity (Wildman–Crippen MR) is 132 cm³/mol. The molecule has 0 saturated heterocycles. The Morgan fingerprint density at radius 3 is 2.52 bits per heavy atom. The van der Waals surface area contributed by atoms with E-state index in [2.05, 4.69) is 8.52 Å². The molecule has 0 bridgehead atoms. The Morgan fingerprint density at radius 1 is 1.00 bits per heavy atom. The van der Waals surface area contributed by atoms with Gasteiger partial charge >= 0.3 is 0 Å². The summed E-state index contributed by atoms with van der Waals surface area (Å²) in [5, 5.41) is 14.0. The first-order valence-electron chi connectivity index (χ1n) is 9.74. The zero-order chi connectivity index (χ0) is 21.8. The number of hydrogen-bond donors (Lipinski definition) is 3. The number of amidine groups is 1. The van der Waals surface area contributed by atoms with Crippen molar-refractivity contribution in [3.63, 3.8) is 0 Å². The van der Waals surface area contributed by atoms with Gasteiger partial charge in [-0.15, -0.1) is 0 Å². The lowest BCUT2D eigenvalue weighted by Crippen LogP contribution is -2.25. The van der Waals surface area contributed by atoms with Gasteiger partial charge in [-0.05, 0) is 35.4 Å². The fourth-order valence-corrected chi connectivity index (χ4v) is 3.83. The Kier molecular flexibility index (Phi) is 6.22. The molecule has 0 fully saturated rings. The van der Waals surface area contributed by atoms with Crippen molar-refractivity contribution >= 4 is 45.5 Å². The first-order valence-corrected chi connectivity index (χ1v) is 10.7. The number of benzene rings is 3. The van der Waals surface area contributed by atoms with Crippen molar-refractivity contribution in [2.75, 3.05) is 0 Å². The fraction of sp³-hybridized carbons (Fsp3) is 0.0833. The Labute approximate surface area is 193 Å². The average molecular weight is 524 g/mol. The summed E-state index contributed by atoms with van der Waals surface area (Å²) in [7, 11) is 0. The van der Waals surface area contributed by atoms with Crippen molar-refractivity contribution in [1.82, 2.24) is 9.88 Å². The van der Waals surface area contributed by atoms with Gasteiger partial charge in [-0.2, -0.15) is 3.21 Å². The first-order chi connectivity index (χ1) is 15.1. The van der Waals surface area contributed by atoms with Crippen LogP contribution in [0.4, 0.5) is 0 Å². The summed E-state index contributed by atoms with van der Waals surface area (Å²) in [4.78, 5) is 13.1. The van der Waals surface area contributed by atoms with E-state index >= 15 is 0 Å². The van der Waals surface area contributed by atoms with Gasteiger partial charge in [0.1, 0.15) is 17.3 Å². The van der Waals surface area contributed by atoms with Crippen molar-refractivity contribution in [2.24, 2.45) is 8.94 Å². The van der Waals surface area contributed by atoms with Gasteiger partial charge in [0.25, 0.3) is 5.91 Å². The van der Waals surface area contributed by atoms with E-state index in [1.54, 1.807) is 18.2 Å². The third-order valence-corrected chi connectivity index (χ3v) is 5.63. The van der Waals surface area contributed by atoms with Crippen LogP contribution in [0.25, 0.3) is 10.9 Å². The molecule has 0 spiro atoms. The minimum Gasteiger partial charge on any atom is -0.507 e. The minimum absolute atomic E-state index is 0.142. The number of aromatic nitrogens is 1. The average Bonchev–Trinajstić information content (AvgIpc) is 3.17. The largest absolute Gasteiger partial charge is 0.507 e. The number of rotatable bonds is 6. The first kappa shape index (κ1) is 20.9. The second-order valence-electron chi connectivity index (χ2n) is 7.16. The van der Waals surface area contributed by atoms with Gasteiger partial charge in [0.05, 0.1) is 28.4 Å². The van der Waals surface area contributed by atoms with Crippen LogP contribution in [0.5, 0.6) is 5.75 Å². The number of fused-ring (bicyclic) bond motifs is 1. The SMILES string of the molecule is N/C(=N\I)c1cccc(Cn2c(C(=O)NCc3ccccc3)cc3c(O)cccc32)c1. The lowest BCUT2D eigenvalue weighted by Gasteiger charge is -2.12. The van der Waals surface area contributed by atoms with E-state index in [0.29, 0.717) is 30.0 Å². The summed E-state index contributed by atoms with van der Waals surface area (Å²) in [6.07, 6.45) is 0. The number of hydrogen-bond acceptors (Lipinski definition) is 3. The second kappa shape index (κ2) is 9.22. The Morgan fingerprint density at radius 2 is 1.74 bits per heavy atom. The monoisotopic (exact) mass is 524 g/mol. The van der Waals surface area contributed by atoms with Crippen molar-refractivity contribution in [3.8, 4) is 5.75 Å². The summed E-state index contributed by atoms with van der Waals surface area (Å²) in [6, 6.07) is 24.5. The van der Waals surface area contributed by atoms with Crippen LogP contribution in [0.2, 0.25) is 0 Å². The van der Waals surface area contributed by atoms with E-state index in [1.807, 2.05) is 88.1 Å². The quantitative estimate of drug-likeness (QED) is 0.199. The molecule has 1 amide bonds. The van der Waals surface area contributed by atoms with Crippen LogP contribution < -0.4 is 11.1 Å². The molecule has 0 unspecified atom stereocenters. The maximum absolute atomic E-state index is 13.1. The molecular formula is C24H21IN4O2. The maximum Gasteiger partial charge on any atom is 0.268 e. The number of aromatic hydroxyl groups is 1. The van der Waals surface area contributed by atoms with Gasteiger partial charge in [0, 0.05) is 24.0 Å². The van der Waals surface area contributed by atoms with Gasteiger partial charge in [-0.3, -0.25) is 4.79 Å². The van der Waals surface area contributed by atoms with Crippen molar-refractivity contribution in [1.29, 1.82) is 0 Å². The second-order valence-corrected chi connectivity index (χ2v) is 7.65. The molecule has 0 atom stereocenters. The summed E-state index contributed by atoms with van der Waals surface area (Å²) >= 11 is 1.87. The van der Waals surface area contributed by atoms with E-state index in [9.17, 15) is 9.90 Å². The number of phenols is 1. The van der Waals surface area contributed by atoms with Crippen LogP contribution in [0.15, 0.2) is 82.1 Å². The van der Waals surface area contributed by atoms with Gasteiger partial charge in [0.2, 0.25) is 0 Å². The number of nitrogens with zero attached hydrogens (tertiary/aromatic N) is 2. The Balaban J connectivity index is 1.70. The maximum atomic E-state index is 13.1. The zero-order valence-corrected chi connectivity index (χ0v) is 18.8. The van der Waals surface area contributed by atoms with E-state index < -0.39 is 0 Å². The lowest BCUT2D eigenvalue weighted by molar-refractivity contribution is 0.0942. The Bertz CT molecular complexity index is 1270. The van der Waals surface area contributed by atoms with E-state index in [4.69, 9.17) is 5.73 Å². The van der Waals surface area contributed by atoms with Crippen molar-refractivity contribution in [2.45, 2.75) is 13.1 Å². The molecule has 0 saturated carbocycles. The van der Waals surface area contributed by atoms with Gasteiger partial charge in [-0.25, -0.2) is 0 Å². The summed E-state index contributed by atoms with van der Waals surface area (Å²) < 4.78 is 5.93. The number of nitrogens with one attached hydrogen (secondary N) is 1. The molecule has 0 aliphatic rings. The number of halogens is 1. The molecule has 31 heavy (non-hydrogen) atoms. The Hall–Kier alpha value is -3.33. The zero-order valence-electron chi connectivity index (χ0n) is 16.6. The van der Waals surface area contributed by atoms with Crippen molar-refractivity contribution in [3.05, 3.63) is 101 Å². The van der Waals surface area contributed by atoms with E-state index in [0.717, 1.165) is 22.2 Å². The molecule has 4 rings (SSSR count). The topological polar surface area (TPSA) is 92.6 Å². The van der Waals surface area contributed by atoms with Gasteiger partial charge in [0.15, 0.2) is 0 Å². The van der Waals surface area contributed by atoms with E-state index in [1.165, 1.54) is 0 Å². The molecule has 6 nitrogen and oxygen atoms in total. The number of carbonyl (C=O) groups excluding carboxylic acids is 1. The number of carbonyl (C=O) groups is 1. The molecular weight excluding hydrogens is 503 g/mol. The van der Waals surface area contributed by atoms with Crippen LogP contribution in [-0.2, 0) is 13.1 Å². The molecule has 4 N–H and O–H groups in total. The van der Waals surface area contributed by atoms with Crippen molar-refractivity contribution < 1.29 is 9.90 Å². The van der Waals surface area contributed by atoms with Crippen LogP contribution in [0.1, 0.15) is 27.2 Å². The normalized spacial score (nSPS) is 11.6. The standard InChI is InChI=1S/C24H21IN4O2/c25-28-23(26)18-9-4-8-17(12-18)15-29-20-10-5-11-22(30)19(20)13-21(29)24(31)27-14-16-6-2-1-3-7-16/h1-13,30H,14-15H2,(H2,26,28)(H,27,31). The summed E-state index contributed by atoms with van der Waals surface area (Å²) in [5.41, 5.74) is 10.0. The predicted octanol–water partition coefficient (Wildman–Crippen LogP) is 4.38. The molecule has 1 aromatic heterocycles. The molecule has 0 aliphatic carbocycles. The third-order valence-electron chi connectivity index (χ3n) is 5.11. The third kappa shape index (κ3) is 4.56. The summed E-state index contributed by atoms with van der Waals surface area (Å²) in [5.74, 6) is 0.380. The summed E-state index contributed by atoms with van der Waals surface area (Å²) in [6.45, 7) is 0.870. The number of nitrogens with two attached hydrogens (primary N) is 1. The minimum atomic E-state index is -0.205. The molecule has 0 aliphatic heterocycles. The van der Waals surface area contributed by atoms with Gasteiger partial charge < -0.3 is 20.7 Å². The van der Waals surface area contributed by atoms with E-state index in [-0.39, 0.29) is 11.7 Å². The van der Waals surface area contributed by atoms with Crippen LogP contribution >= 0.6 is 22.9 Å². The van der Waals surface area contributed by atoms with Gasteiger partial charge in [-0.1, -0.05) is 54.6 Å². The lowest BCUT2D eigenvalue weighted by atomic mass is 10.1. The molecule has 3 aromatic carbocycles. The number of amides is 1. The van der Waals surface area contributed by atoms with Crippen LogP contribution in [0, 0.1) is 0 Å². The molecule has 0 radical (unpaired) electrons. The smallest absolute Gasteiger partial charge is 0.268 e. The van der Waals surface area contributed by atoms with Crippen LogP contribution in [-0.4, -0.2) is 21.4 Å². The van der Waals surface area contributed by atoms with Crippen LogP contribution in [0.3, 0.4) is 0 Å². The number of phenolic OH excluding ortho intramolecular Hbond substituents is 1. The highest BCUT2D eigenvalue weighted by Gasteiger charge is 2.18. The fourth-order valence-electron chi connectivity index (χ4n) is 3.56.